The van der Waals surface area contributed by atoms with E-state index in [4.69, 9.17) is 9.47 Å². The van der Waals surface area contributed by atoms with Crippen LogP contribution in [-0.4, -0.2) is 18.6 Å². The summed E-state index contributed by atoms with van der Waals surface area (Å²) in [6.07, 6.45) is 0.145. The summed E-state index contributed by atoms with van der Waals surface area (Å²) in [5.74, 6) is 1.74. The number of hydrogen-bond acceptors (Lipinski definition) is 3. The molecule has 2 rings (SSSR count). The number of benzene rings is 2. The Hall–Kier alpha value is -2.01. The molecule has 2 aromatic rings. The summed E-state index contributed by atoms with van der Waals surface area (Å²) < 4.78 is 12.3. The van der Waals surface area contributed by atoms with Crippen LogP contribution in [0.5, 0.6) is 11.5 Å². The van der Waals surface area contributed by atoms with Crippen LogP contribution in [0.15, 0.2) is 46.9 Å². The molecule has 0 aliphatic carbocycles. The van der Waals surface area contributed by atoms with Gasteiger partial charge >= 0.3 is 0 Å². The second kappa shape index (κ2) is 9.62. The van der Waals surface area contributed by atoms with Crippen LogP contribution in [-0.2, 0) is 11.3 Å². The van der Waals surface area contributed by atoms with Crippen LogP contribution in [0, 0.1) is 0 Å². The fraction of sp³-hybridized carbons (Fsp3) is 0.381. The van der Waals surface area contributed by atoms with E-state index in [2.05, 4.69) is 35.1 Å². The first-order chi connectivity index (χ1) is 12.3. The van der Waals surface area contributed by atoms with Crippen molar-refractivity contribution in [1.82, 2.24) is 5.32 Å². The summed E-state index contributed by atoms with van der Waals surface area (Å²) in [7, 11) is 0. The number of ether oxygens (including phenoxy) is 2. The molecule has 0 atom stereocenters. The number of nitrogens with one attached hydrogen (secondary N) is 1. The molecule has 0 radical (unpaired) electrons. The van der Waals surface area contributed by atoms with Gasteiger partial charge in [-0.05, 0) is 61.2 Å². The Morgan fingerprint density at radius 3 is 2.38 bits per heavy atom. The van der Waals surface area contributed by atoms with Gasteiger partial charge in [-0.25, -0.2) is 0 Å². The maximum atomic E-state index is 12.1. The van der Waals surface area contributed by atoms with E-state index in [0.717, 1.165) is 27.1 Å². The monoisotopic (exact) mass is 419 g/mol. The maximum Gasteiger partial charge on any atom is 0.258 e. The van der Waals surface area contributed by atoms with E-state index in [1.807, 2.05) is 56.3 Å². The van der Waals surface area contributed by atoms with E-state index in [0.29, 0.717) is 12.5 Å². The lowest BCUT2D eigenvalue weighted by Crippen LogP contribution is -2.28. The quantitative estimate of drug-likeness (QED) is 0.650. The van der Waals surface area contributed by atoms with Crippen molar-refractivity contribution in [3.8, 4) is 11.5 Å². The highest BCUT2D eigenvalue weighted by molar-refractivity contribution is 9.10. The zero-order valence-electron chi connectivity index (χ0n) is 15.7. The van der Waals surface area contributed by atoms with Gasteiger partial charge in [0.25, 0.3) is 5.91 Å². The Morgan fingerprint density at radius 1 is 1.08 bits per heavy atom. The molecular formula is C21H26BrNO3. The molecule has 0 saturated heterocycles. The van der Waals surface area contributed by atoms with Gasteiger partial charge in [0.2, 0.25) is 0 Å². The van der Waals surface area contributed by atoms with Crippen LogP contribution in [0.2, 0.25) is 0 Å². The number of hydrogen-bond donors (Lipinski definition) is 1. The minimum absolute atomic E-state index is 0.00407. The smallest absolute Gasteiger partial charge is 0.258 e. The number of halogens is 1. The van der Waals surface area contributed by atoms with Gasteiger partial charge in [0.1, 0.15) is 11.5 Å². The highest BCUT2D eigenvalue weighted by Crippen LogP contribution is 2.29. The van der Waals surface area contributed by atoms with Crippen molar-refractivity contribution < 1.29 is 14.3 Å². The van der Waals surface area contributed by atoms with E-state index in [-0.39, 0.29) is 18.6 Å². The molecule has 2 aromatic carbocycles. The minimum Gasteiger partial charge on any atom is -0.491 e. The Bertz CT molecular complexity index is 727. The summed E-state index contributed by atoms with van der Waals surface area (Å²) >= 11 is 3.47. The van der Waals surface area contributed by atoms with Crippen LogP contribution >= 0.6 is 15.9 Å². The normalized spacial score (nSPS) is 10.9. The van der Waals surface area contributed by atoms with Crippen molar-refractivity contribution in [2.45, 2.75) is 46.3 Å². The molecule has 26 heavy (non-hydrogen) atoms. The lowest BCUT2D eigenvalue weighted by atomic mass is 10.0. The minimum atomic E-state index is -0.148. The molecule has 0 aliphatic heterocycles. The summed E-state index contributed by atoms with van der Waals surface area (Å²) in [4.78, 5) is 12.1. The van der Waals surface area contributed by atoms with Gasteiger partial charge in [-0.2, -0.15) is 0 Å². The Morgan fingerprint density at radius 2 is 1.77 bits per heavy atom. The summed E-state index contributed by atoms with van der Waals surface area (Å²) in [6, 6.07) is 13.6. The fourth-order valence-corrected chi connectivity index (χ4v) is 2.83. The molecule has 1 N–H and O–H groups in total. The van der Waals surface area contributed by atoms with E-state index in [1.165, 1.54) is 0 Å². The van der Waals surface area contributed by atoms with Gasteiger partial charge in [-0.3, -0.25) is 4.79 Å². The van der Waals surface area contributed by atoms with E-state index in [1.54, 1.807) is 0 Å². The molecule has 0 unspecified atom stereocenters. The molecule has 1 amide bonds. The van der Waals surface area contributed by atoms with Crippen LogP contribution in [0.25, 0.3) is 0 Å². The Labute approximate surface area is 164 Å². The standard InChI is InChI=1S/C21H26BrNO3/c1-14(2)19-11-17(22)7-10-20(19)25-13-21(24)23-12-16-5-8-18(9-6-16)26-15(3)4/h5-11,14-15H,12-13H2,1-4H3,(H,23,24). The maximum absolute atomic E-state index is 12.1. The predicted octanol–water partition coefficient (Wildman–Crippen LogP) is 5.05. The van der Waals surface area contributed by atoms with E-state index < -0.39 is 0 Å². The lowest BCUT2D eigenvalue weighted by Gasteiger charge is -2.14. The van der Waals surface area contributed by atoms with Crippen molar-refractivity contribution in [3.63, 3.8) is 0 Å². The summed E-state index contributed by atoms with van der Waals surface area (Å²) in [5.41, 5.74) is 2.09. The van der Waals surface area contributed by atoms with E-state index >= 15 is 0 Å². The summed E-state index contributed by atoms with van der Waals surface area (Å²) in [6.45, 7) is 8.63. The van der Waals surface area contributed by atoms with Gasteiger partial charge in [-0.15, -0.1) is 0 Å². The number of amides is 1. The Kier molecular flexibility index (Phi) is 7.51. The molecule has 5 heteroatoms. The SMILES string of the molecule is CC(C)Oc1ccc(CNC(=O)COc2ccc(Br)cc2C(C)C)cc1. The number of rotatable bonds is 8. The van der Waals surface area contributed by atoms with Crippen LogP contribution in [0.3, 0.4) is 0 Å². The summed E-state index contributed by atoms with van der Waals surface area (Å²) in [5, 5.41) is 2.88. The molecule has 4 nitrogen and oxygen atoms in total. The second-order valence-corrected chi connectivity index (χ2v) is 7.63. The number of carbonyl (C=O) groups is 1. The largest absolute Gasteiger partial charge is 0.491 e. The highest BCUT2D eigenvalue weighted by Gasteiger charge is 2.10. The van der Waals surface area contributed by atoms with Crippen LogP contribution < -0.4 is 14.8 Å². The van der Waals surface area contributed by atoms with Crippen molar-refractivity contribution in [2.75, 3.05) is 6.61 Å². The third kappa shape index (κ3) is 6.37. The zero-order valence-corrected chi connectivity index (χ0v) is 17.3. The van der Waals surface area contributed by atoms with Crippen molar-refractivity contribution >= 4 is 21.8 Å². The zero-order chi connectivity index (χ0) is 19.1. The lowest BCUT2D eigenvalue weighted by molar-refractivity contribution is -0.123. The number of carbonyl (C=O) groups excluding carboxylic acids is 1. The average molecular weight is 420 g/mol. The van der Waals surface area contributed by atoms with Crippen LogP contribution in [0.1, 0.15) is 44.7 Å². The van der Waals surface area contributed by atoms with Gasteiger partial charge in [0.05, 0.1) is 6.10 Å². The highest BCUT2D eigenvalue weighted by atomic mass is 79.9. The molecule has 0 spiro atoms. The molecule has 140 valence electrons. The molecule has 0 aliphatic rings. The van der Waals surface area contributed by atoms with Crippen molar-refractivity contribution in [1.29, 1.82) is 0 Å². The van der Waals surface area contributed by atoms with Crippen LogP contribution in [0.4, 0.5) is 0 Å². The average Bonchev–Trinajstić information content (AvgIpc) is 2.59. The Balaban J connectivity index is 1.84. The third-order valence-corrected chi connectivity index (χ3v) is 4.23. The van der Waals surface area contributed by atoms with Gasteiger partial charge in [0, 0.05) is 11.0 Å². The second-order valence-electron chi connectivity index (χ2n) is 6.71. The van der Waals surface area contributed by atoms with Gasteiger partial charge in [-0.1, -0.05) is 41.9 Å². The molecule has 0 fully saturated rings. The first-order valence-electron chi connectivity index (χ1n) is 8.79. The first-order valence-corrected chi connectivity index (χ1v) is 9.59. The van der Waals surface area contributed by atoms with Crippen molar-refractivity contribution in [3.05, 3.63) is 58.1 Å². The fourth-order valence-electron chi connectivity index (χ4n) is 2.45. The first kappa shape index (κ1) is 20.3. The molecular weight excluding hydrogens is 394 g/mol. The molecule has 0 saturated carbocycles. The third-order valence-electron chi connectivity index (χ3n) is 3.74. The predicted molar refractivity (Wildman–Crippen MR) is 108 cm³/mol. The van der Waals surface area contributed by atoms with Gasteiger partial charge in [0.15, 0.2) is 6.61 Å². The molecule has 0 bridgehead atoms. The molecule has 0 aromatic heterocycles. The topological polar surface area (TPSA) is 47.6 Å². The molecule has 0 heterocycles. The van der Waals surface area contributed by atoms with Gasteiger partial charge < -0.3 is 14.8 Å². The van der Waals surface area contributed by atoms with Crippen molar-refractivity contribution in [2.24, 2.45) is 0 Å². The van der Waals surface area contributed by atoms with E-state index in [9.17, 15) is 4.79 Å².